The number of benzene rings is 1. The summed E-state index contributed by atoms with van der Waals surface area (Å²) in [5.41, 5.74) is 3.53. The Labute approximate surface area is 99.9 Å². The fourth-order valence-electron chi connectivity index (χ4n) is 2.37. The Morgan fingerprint density at radius 3 is 2.65 bits per heavy atom. The largest absolute Gasteiger partial charge is 0.480 e. The van der Waals surface area contributed by atoms with Crippen molar-refractivity contribution in [3.05, 3.63) is 34.4 Å². The molecular formula is C13H15NO3. The summed E-state index contributed by atoms with van der Waals surface area (Å²) >= 11 is 0. The smallest absolute Gasteiger partial charge is 0.326 e. The predicted octanol–water partition coefficient (Wildman–Crippen LogP) is 1.38. The lowest BCUT2D eigenvalue weighted by Gasteiger charge is -2.32. The normalized spacial score (nSPS) is 19.1. The topological polar surface area (TPSA) is 57.6 Å². The summed E-state index contributed by atoms with van der Waals surface area (Å²) in [5.74, 6) is -1.16. The fourth-order valence-corrected chi connectivity index (χ4v) is 2.37. The first-order chi connectivity index (χ1) is 7.91. The Kier molecular flexibility index (Phi) is 2.65. The van der Waals surface area contributed by atoms with Gasteiger partial charge in [0.1, 0.15) is 6.04 Å². The van der Waals surface area contributed by atoms with Crippen molar-refractivity contribution in [2.24, 2.45) is 0 Å². The van der Waals surface area contributed by atoms with E-state index in [0.717, 1.165) is 16.7 Å². The van der Waals surface area contributed by atoms with E-state index in [1.54, 1.807) is 7.05 Å². The molecule has 0 fully saturated rings. The van der Waals surface area contributed by atoms with Crippen LogP contribution in [-0.4, -0.2) is 35.0 Å². The number of carbonyl (C=O) groups is 2. The van der Waals surface area contributed by atoms with Gasteiger partial charge in [0.2, 0.25) is 0 Å². The number of carbonyl (C=O) groups excluding carboxylic acids is 1. The summed E-state index contributed by atoms with van der Waals surface area (Å²) in [6, 6.07) is 3.06. The van der Waals surface area contributed by atoms with Crippen molar-refractivity contribution >= 4 is 11.9 Å². The molecule has 17 heavy (non-hydrogen) atoms. The van der Waals surface area contributed by atoms with Crippen LogP contribution in [0.15, 0.2) is 12.1 Å². The lowest BCUT2D eigenvalue weighted by atomic mass is 9.89. The minimum atomic E-state index is -0.952. The third-order valence-corrected chi connectivity index (χ3v) is 3.32. The van der Waals surface area contributed by atoms with Crippen LogP contribution < -0.4 is 0 Å². The molecule has 0 saturated heterocycles. The fraction of sp³-hybridized carbons (Fsp3) is 0.385. The van der Waals surface area contributed by atoms with Gasteiger partial charge in [0.25, 0.3) is 5.91 Å². The molecule has 1 aliphatic heterocycles. The molecule has 0 aliphatic carbocycles. The molecule has 4 heteroatoms. The summed E-state index contributed by atoms with van der Waals surface area (Å²) < 4.78 is 0. The van der Waals surface area contributed by atoms with Crippen molar-refractivity contribution in [3.63, 3.8) is 0 Å². The molecule has 1 aliphatic rings. The Morgan fingerprint density at radius 1 is 1.41 bits per heavy atom. The minimum absolute atomic E-state index is 0.203. The van der Waals surface area contributed by atoms with Gasteiger partial charge < -0.3 is 10.0 Å². The van der Waals surface area contributed by atoms with Crippen LogP contribution in [0.3, 0.4) is 0 Å². The molecular weight excluding hydrogens is 218 g/mol. The summed E-state index contributed by atoms with van der Waals surface area (Å²) in [4.78, 5) is 24.5. The van der Waals surface area contributed by atoms with Crippen molar-refractivity contribution in [1.29, 1.82) is 0 Å². The number of amides is 1. The number of carboxylic acids is 1. The number of aryl methyl sites for hydroxylation is 2. The summed E-state index contributed by atoms with van der Waals surface area (Å²) in [6.07, 6.45) is 0.388. The summed E-state index contributed by atoms with van der Waals surface area (Å²) in [7, 11) is 1.54. The Hall–Kier alpha value is -1.84. The van der Waals surface area contributed by atoms with Crippen molar-refractivity contribution < 1.29 is 14.7 Å². The van der Waals surface area contributed by atoms with E-state index in [-0.39, 0.29) is 5.91 Å². The SMILES string of the molecule is Cc1cc(C)c2c(c1)C(=O)N(C)C(C(=O)O)C2. The molecule has 0 aromatic heterocycles. The zero-order valence-electron chi connectivity index (χ0n) is 10.2. The number of hydrogen-bond acceptors (Lipinski definition) is 2. The number of nitrogens with zero attached hydrogens (tertiary/aromatic N) is 1. The number of aliphatic carboxylic acids is 1. The zero-order valence-corrected chi connectivity index (χ0v) is 10.2. The second-order valence-electron chi connectivity index (χ2n) is 4.58. The first-order valence-corrected chi connectivity index (χ1v) is 5.52. The van der Waals surface area contributed by atoms with Crippen LogP contribution in [0.2, 0.25) is 0 Å². The highest BCUT2D eigenvalue weighted by Crippen LogP contribution is 2.26. The second kappa shape index (κ2) is 3.87. The van der Waals surface area contributed by atoms with Crippen molar-refractivity contribution in [1.82, 2.24) is 4.90 Å². The van der Waals surface area contributed by atoms with Crippen LogP contribution in [0.1, 0.15) is 27.0 Å². The van der Waals surface area contributed by atoms with Gasteiger partial charge in [-0.1, -0.05) is 11.6 Å². The van der Waals surface area contributed by atoms with Crippen LogP contribution in [0.5, 0.6) is 0 Å². The molecule has 1 atom stereocenters. The van der Waals surface area contributed by atoms with E-state index < -0.39 is 12.0 Å². The van der Waals surface area contributed by atoms with Gasteiger partial charge in [-0.3, -0.25) is 4.79 Å². The number of hydrogen-bond donors (Lipinski definition) is 1. The standard InChI is InChI=1S/C13H15NO3/c1-7-4-8(2)9-6-11(13(16)17)14(3)12(15)10(9)5-7/h4-5,11H,6H2,1-3H3,(H,16,17). The maximum Gasteiger partial charge on any atom is 0.326 e. The van der Waals surface area contributed by atoms with E-state index in [1.807, 2.05) is 26.0 Å². The molecule has 1 N–H and O–H groups in total. The van der Waals surface area contributed by atoms with E-state index in [0.29, 0.717) is 12.0 Å². The molecule has 1 unspecified atom stereocenters. The van der Waals surface area contributed by atoms with Crippen LogP contribution in [-0.2, 0) is 11.2 Å². The molecule has 1 aromatic carbocycles. The van der Waals surface area contributed by atoms with Gasteiger partial charge >= 0.3 is 5.97 Å². The number of rotatable bonds is 1. The van der Waals surface area contributed by atoms with Crippen LogP contribution in [0, 0.1) is 13.8 Å². The van der Waals surface area contributed by atoms with Crippen molar-refractivity contribution in [2.75, 3.05) is 7.05 Å². The van der Waals surface area contributed by atoms with Crippen LogP contribution >= 0.6 is 0 Å². The van der Waals surface area contributed by atoms with Gasteiger partial charge in [-0.25, -0.2) is 4.79 Å². The molecule has 2 rings (SSSR count). The second-order valence-corrected chi connectivity index (χ2v) is 4.58. The van der Waals surface area contributed by atoms with Gasteiger partial charge in [-0.2, -0.15) is 0 Å². The van der Waals surface area contributed by atoms with Gasteiger partial charge in [0, 0.05) is 19.0 Å². The highest BCUT2D eigenvalue weighted by Gasteiger charge is 2.34. The van der Waals surface area contributed by atoms with Crippen LogP contribution in [0.4, 0.5) is 0 Å². The van der Waals surface area contributed by atoms with Gasteiger partial charge in [0.15, 0.2) is 0 Å². The number of fused-ring (bicyclic) bond motifs is 1. The van der Waals surface area contributed by atoms with E-state index >= 15 is 0 Å². The van der Waals surface area contributed by atoms with Crippen LogP contribution in [0.25, 0.3) is 0 Å². The molecule has 0 spiro atoms. The Bertz CT molecular complexity index is 508. The molecule has 90 valence electrons. The third kappa shape index (κ3) is 1.79. The van der Waals surface area contributed by atoms with Crippen molar-refractivity contribution in [3.8, 4) is 0 Å². The van der Waals surface area contributed by atoms with E-state index in [9.17, 15) is 9.59 Å². The maximum atomic E-state index is 12.1. The van der Waals surface area contributed by atoms with Gasteiger partial charge in [0.05, 0.1) is 0 Å². The van der Waals surface area contributed by atoms with E-state index in [1.165, 1.54) is 4.90 Å². The summed E-state index contributed by atoms with van der Waals surface area (Å²) in [5, 5.41) is 9.10. The quantitative estimate of drug-likeness (QED) is 0.797. The zero-order chi connectivity index (χ0) is 12.7. The Balaban J connectivity index is 2.57. The summed E-state index contributed by atoms with van der Waals surface area (Å²) in [6.45, 7) is 3.85. The van der Waals surface area contributed by atoms with E-state index in [2.05, 4.69) is 0 Å². The van der Waals surface area contributed by atoms with Gasteiger partial charge in [-0.15, -0.1) is 0 Å². The molecule has 0 bridgehead atoms. The van der Waals surface area contributed by atoms with Gasteiger partial charge in [-0.05, 0) is 31.0 Å². The average molecular weight is 233 g/mol. The number of likely N-dealkylation sites (N-methyl/N-ethyl adjacent to an activating group) is 1. The molecule has 4 nitrogen and oxygen atoms in total. The minimum Gasteiger partial charge on any atom is -0.480 e. The maximum absolute atomic E-state index is 12.1. The predicted molar refractivity (Wildman–Crippen MR) is 63.1 cm³/mol. The highest BCUT2D eigenvalue weighted by atomic mass is 16.4. The average Bonchev–Trinajstić information content (AvgIpc) is 2.23. The van der Waals surface area contributed by atoms with Crippen molar-refractivity contribution in [2.45, 2.75) is 26.3 Å². The molecule has 0 saturated carbocycles. The lowest BCUT2D eigenvalue weighted by Crippen LogP contribution is -2.47. The molecule has 0 radical (unpaired) electrons. The first-order valence-electron chi connectivity index (χ1n) is 5.52. The third-order valence-electron chi connectivity index (χ3n) is 3.32. The monoisotopic (exact) mass is 233 g/mol. The molecule has 1 aromatic rings. The lowest BCUT2D eigenvalue weighted by molar-refractivity contribution is -0.142. The molecule has 1 amide bonds. The number of carboxylic acid groups (broad SMARTS) is 1. The highest BCUT2D eigenvalue weighted by molar-refractivity contribution is 6.00. The van der Waals surface area contributed by atoms with E-state index in [4.69, 9.17) is 5.11 Å². The first kappa shape index (κ1) is 11.6. The molecule has 1 heterocycles. The Morgan fingerprint density at radius 2 is 2.06 bits per heavy atom.